The first-order chi connectivity index (χ1) is 22.2. The molecule has 46 heavy (non-hydrogen) atoms. The number of hydrogen-bond acceptors (Lipinski definition) is 9. The van der Waals surface area contributed by atoms with E-state index in [1.54, 1.807) is 4.90 Å². The number of anilines is 2. The van der Waals surface area contributed by atoms with Gasteiger partial charge in [0.25, 0.3) is 0 Å². The van der Waals surface area contributed by atoms with Crippen LogP contribution in [-0.4, -0.2) is 95.3 Å². The van der Waals surface area contributed by atoms with Gasteiger partial charge < -0.3 is 24.3 Å². The quantitative estimate of drug-likeness (QED) is 0.342. The number of rotatable bonds is 9. The highest BCUT2D eigenvalue weighted by atomic mass is 16.5. The van der Waals surface area contributed by atoms with Crippen LogP contribution in [0.25, 0.3) is 10.9 Å². The van der Waals surface area contributed by atoms with E-state index >= 15 is 0 Å². The number of aromatic nitrogens is 4. The molecule has 1 atom stereocenters. The molecule has 1 aromatic carbocycles. The van der Waals surface area contributed by atoms with Crippen molar-refractivity contribution in [3.05, 3.63) is 47.3 Å². The van der Waals surface area contributed by atoms with Crippen LogP contribution in [0.3, 0.4) is 0 Å². The molecule has 4 heterocycles. The lowest BCUT2D eigenvalue weighted by Gasteiger charge is -2.41. The van der Waals surface area contributed by atoms with Crippen molar-refractivity contribution >= 4 is 28.3 Å². The first-order valence-electron chi connectivity index (χ1n) is 16.6. The Labute approximate surface area is 272 Å². The highest BCUT2D eigenvalue weighted by molar-refractivity contribution is 5.94. The number of nitriles is 1. The van der Waals surface area contributed by atoms with Gasteiger partial charge in [0, 0.05) is 49.1 Å². The molecule has 2 aliphatic heterocycles. The molecule has 1 saturated carbocycles. The predicted molar refractivity (Wildman–Crippen MR) is 180 cm³/mol. The summed E-state index contributed by atoms with van der Waals surface area (Å²) in [5.74, 6) is 0.737. The summed E-state index contributed by atoms with van der Waals surface area (Å²) in [7, 11) is 4.26. The van der Waals surface area contributed by atoms with Gasteiger partial charge in [0.15, 0.2) is 0 Å². The van der Waals surface area contributed by atoms with Gasteiger partial charge in [0.05, 0.1) is 54.8 Å². The second-order valence-corrected chi connectivity index (χ2v) is 13.7. The van der Waals surface area contributed by atoms with Crippen LogP contribution in [0.2, 0.25) is 0 Å². The van der Waals surface area contributed by atoms with Crippen LogP contribution in [0, 0.1) is 30.6 Å². The summed E-state index contributed by atoms with van der Waals surface area (Å²) < 4.78 is 6.59. The molecule has 0 bridgehead atoms. The van der Waals surface area contributed by atoms with Gasteiger partial charge in [0.1, 0.15) is 5.82 Å². The number of aromatic amines is 1. The van der Waals surface area contributed by atoms with E-state index in [1.807, 2.05) is 6.20 Å². The SMILES string of the molecule is C=CC(=O)N1CCN(c2nc(OCC3(CN(C)C)CCCC3)nc3c2CCCN(c2c(C)c(C)cc4[nH]ncc24)C3)C[C@@H]1CC#N. The molecule has 1 saturated heterocycles. The number of nitrogens with zero attached hydrogens (tertiary/aromatic N) is 8. The third-order valence-corrected chi connectivity index (χ3v) is 10.2. The minimum atomic E-state index is -0.243. The van der Waals surface area contributed by atoms with E-state index in [0.717, 1.165) is 66.8 Å². The van der Waals surface area contributed by atoms with Gasteiger partial charge in [-0.05, 0) is 76.9 Å². The van der Waals surface area contributed by atoms with Gasteiger partial charge in [-0.2, -0.15) is 20.3 Å². The molecule has 0 unspecified atom stereocenters. The predicted octanol–water partition coefficient (Wildman–Crippen LogP) is 4.54. The maximum Gasteiger partial charge on any atom is 0.318 e. The number of aryl methyl sites for hydroxylation is 1. The van der Waals surface area contributed by atoms with Crippen molar-refractivity contribution < 1.29 is 9.53 Å². The van der Waals surface area contributed by atoms with E-state index in [-0.39, 0.29) is 23.8 Å². The molecule has 2 fully saturated rings. The minimum Gasteiger partial charge on any atom is -0.463 e. The van der Waals surface area contributed by atoms with Crippen molar-refractivity contribution in [3.63, 3.8) is 0 Å². The summed E-state index contributed by atoms with van der Waals surface area (Å²) in [6.45, 7) is 12.7. The molecular weight excluding hydrogens is 578 g/mol. The Morgan fingerprint density at radius 3 is 2.74 bits per heavy atom. The Morgan fingerprint density at radius 2 is 2.00 bits per heavy atom. The minimum absolute atomic E-state index is 0.0893. The molecule has 0 spiro atoms. The zero-order valence-electron chi connectivity index (χ0n) is 27.8. The molecule has 1 N–H and O–H groups in total. The zero-order chi connectivity index (χ0) is 32.4. The fourth-order valence-corrected chi connectivity index (χ4v) is 7.92. The fraction of sp³-hybridized carbons (Fsp3) is 0.571. The van der Waals surface area contributed by atoms with Crippen molar-refractivity contribution in [2.24, 2.45) is 5.41 Å². The van der Waals surface area contributed by atoms with Gasteiger partial charge in [-0.25, -0.2) is 0 Å². The summed E-state index contributed by atoms with van der Waals surface area (Å²) in [6.07, 6.45) is 10.0. The van der Waals surface area contributed by atoms with Gasteiger partial charge in [0.2, 0.25) is 5.91 Å². The van der Waals surface area contributed by atoms with Gasteiger partial charge in [-0.1, -0.05) is 19.4 Å². The second kappa shape index (κ2) is 13.3. The topological polar surface area (TPSA) is 118 Å². The number of nitrogens with one attached hydrogen (secondary N) is 1. The van der Waals surface area contributed by atoms with Crippen molar-refractivity contribution in [2.45, 2.75) is 71.4 Å². The second-order valence-electron chi connectivity index (χ2n) is 13.7. The van der Waals surface area contributed by atoms with E-state index in [0.29, 0.717) is 38.8 Å². The summed E-state index contributed by atoms with van der Waals surface area (Å²) in [5, 5.41) is 18.3. The van der Waals surface area contributed by atoms with Gasteiger partial charge >= 0.3 is 6.01 Å². The highest BCUT2D eigenvalue weighted by Crippen LogP contribution is 2.40. The Hall–Kier alpha value is -4.17. The summed E-state index contributed by atoms with van der Waals surface area (Å²) in [5.41, 5.74) is 6.90. The number of fused-ring (bicyclic) bond motifs is 2. The fourth-order valence-electron chi connectivity index (χ4n) is 7.92. The van der Waals surface area contributed by atoms with E-state index in [2.05, 4.69) is 71.6 Å². The van der Waals surface area contributed by atoms with Crippen LogP contribution >= 0.6 is 0 Å². The normalized spacial score (nSPS) is 19.7. The molecule has 3 aliphatic rings. The van der Waals surface area contributed by atoms with Crippen LogP contribution < -0.4 is 14.5 Å². The average Bonchev–Trinajstić information content (AvgIpc) is 3.64. The Morgan fingerprint density at radius 1 is 1.20 bits per heavy atom. The van der Waals surface area contributed by atoms with Crippen molar-refractivity contribution in [2.75, 3.05) is 63.2 Å². The molecule has 11 heteroatoms. The summed E-state index contributed by atoms with van der Waals surface area (Å²) in [4.78, 5) is 31.6. The smallest absolute Gasteiger partial charge is 0.318 e. The monoisotopic (exact) mass is 625 g/mol. The van der Waals surface area contributed by atoms with Crippen LogP contribution in [0.15, 0.2) is 24.9 Å². The van der Waals surface area contributed by atoms with Crippen LogP contribution in [0.4, 0.5) is 11.5 Å². The van der Waals surface area contributed by atoms with E-state index in [4.69, 9.17) is 14.7 Å². The van der Waals surface area contributed by atoms with Crippen LogP contribution in [0.5, 0.6) is 6.01 Å². The third-order valence-electron chi connectivity index (χ3n) is 10.2. The lowest BCUT2D eigenvalue weighted by atomic mass is 9.87. The molecule has 1 aliphatic carbocycles. The molecule has 1 amide bonds. The van der Waals surface area contributed by atoms with E-state index in [9.17, 15) is 10.1 Å². The molecule has 244 valence electrons. The molecule has 2 aromatic heterocycles. The highest BCUT2D eigenvalue weighted by Gasteiger charge is 2.37. The van der Waals surface area contributed by atoms with E-state index < -0.39 is 0 Å². The lowest BCUT2D eigenvalue weighted by molar-refractivity contribution is -0.128. The van der Waals surface area contributed by atoms with Crippen LogP contribution in [-0.2, 0) is 17.8 Å². The maximum absolute atomic E-state index is 12.7. The Bertz CT molecular complexity index is 1630. The van der Waals surface area contributed by atoms with Crippen molar-refractivity contribution in [1.29, 1.82) is 5.26 Å². The number of carbonyl (C=O) groups is 1. The molecule has 3 aromatic rings. The van der Waals surface area contributed by atoms with Gasteiger partial charge in [-0.3, -0.25) is 9.89 Å². The summed E-state index contributed by atoms with van der Waals surface area (Å²) in [6, 6.07) is 4.63. The number of hydrogen-bond donors (Lipinski definition) is 1. The first kappa shape index (κ1) is 31.8. The number of amides is 1. The maximum atomic E-state index is 12.7. The standard InChI is InChI=1S/C35H47N9O2/c1-6-31(45)44-17-16-43(20-26(44)11-14-36)33-27-10-9-15-42(32-25(3)24(2)18-29-28(32)19-37-40-29)21-30(27)38-34(39-33)46-23-35(22-41(4)5)12-7-8-13-35/h6,18-19,26H,1,7-13,15-17,20-23H2,2-5H3,(H,37,40)/t26-/m0/s1. The number of benzene rings is 1. The summed E-state index contributed by atoms with van der Waals surface area (Å²) >= 11 is 0. The largest absolute Gasteiger partial charge is 0.463 e. The molecular formula is C35H47N9O2. The molecule has 0 radical (unpaired) electrons. The van der Waals surface area contributed by atoms with Crippen LogP contribution in [0.1, 0.15) is 60.9 Å². The van der Waals surface area contributed by atoms with Crippen molar-refractivity contribution in [1.82, 2.24) is 30.0 Å². The lowest BCUT2D eigenvalue weighted by Crippen LogP contribution is -2.55. The Balaban J connectivity index is 1.38. The Kier molecular flexibility index (Phi) is 9.18. The number of ether oxygens (including phenoxy) is 1. The average molecular weight is 626 g/mol. The van der Waals surface area contributed by atoms with E-state index in [1.165, 1.54) is 35.7 Å². The first-order valence-corrected chi connectivity index (χ1v) is 16.6. The third kappa shape index (κ3) is 6.27. The number of H-pyrrole nitrogens is 1. The number of carbonyl (C=O) groups excluding carboxylic acids is 1. The number of piperazine rings is 1. The zero-order valence-corrected chi connectivity index (χ0v) is 27.8. The van der Waals surface area contributed by atoms with Gasteiger partial charge in [-0.15, -0.1) is 0 Å². The van der Waals surface area contributed by atoms with Crippen molar-refractivity contribution in [3.8, 4) is 12.1 Å². The molecule has 6 rings (SSSR count). The molecule has 11 nitrogen and oxygen atoms in total.